The zero-order valence-electron chi connectivity index (χ0n) is 19.8. The van der Waals surface area contributed by atoms with E-state index in [1.54, 1.807) is 30.3 Å². The molecular weight excluding hydrogens is 500 g/mol. The van der Waals surface area contributed by atoms with Crippen LogP contribution in [0.4, 0.5) is 16.2 Å². The van der Waals surface area contributed by atoms with E-state index in [2.05, 4.69) is 15.4 Å². The number of methoxy groups -OCH3 is 1. The van der Waals surface area contributed by atoms with Crippen molar-refractivity contribution in [2.75, 3.05) is 19.0 Å². The van der Waals surface area contributed by atoms with Crippen LogP contribution >= 0.6 is 0 Å². The molecule has 13 nitrogen and oxygen atoms in total. The number of rotatable bonds is 9. The molecular formula is C25H20N4O9. The van der Waals surface area contributed by atoms with Crippen LogP contribution in [0.25, 0.3) is 6.08 Å². The van der Waals surface area contributed by atoms with Crippen molar-refractivity contribution < 1.29 is 38.0 Å². The lowest BCUT2D eigenvalue weighted by Crippen LogP contribution is -2.30. The lowest BCUT2D eigenvalue weighted by atomic mass is 10.1. The first-order valence-electron chi connectivity index (χ1n) is 11.0. The Morgan fingerprint density at radius 2 is 1.89 bits per heavy atom. The molecule has 0 aliphatic carbocycles. The molecule has 38 heavy (non-hydrogen) atoms. The Bertz CT molecular complexity index is 1450. The Labute approximate surface area is 214 Å². The maximum Gasteiger partial charge on any atom is 0.373 e. The first kappa shape index (κ1) is 25.6. The third-order valence-electron chi connectivity index (χ3n) is 5.23. The molecule has 0 radical (unpaired) electrons. The van der Waals surface area contributed by atoms with Crippen LogP contribution in [0.15, 0.2) is 70.8 Å². The fourth-order valence-corrected chi connectivity index (χ4v) is 3.46. The normalized spacial score (nSPS) is 13.8. The van der Waals surface area contributed by atoms with Gasteiger partial charge in [0.1, 0.15) is 11.5 Å². The summed E-state index contributed by atoms with van der Waals surface area (Å²) in [5.74, 6) is -1.98. The number of nitro groups is 1. The summed E-state index contributed by atoms with van der Waals surface area (Å²) in [6, 6.07) is 14.5. The van der Waals surface area contributed by atoms with Crippen molar-refractivity contribution in [3.63, 3.8) is 0 Å². The summed E-state index contributed by atoms with van der Waals surface area (Å²) in [5.41, 5.74) is 0.214. The van der Waals surface area contributed by atoms with Crippen LogP contribution in [-0.4, -0.2) is 47.4 Å². The Morgan fingerprint density at radius 3 is 2.61 bits per heavy atom. The summed E-state index contributed by atoms with van der Waals surface area (Å²) in [6.45, 7) is -0.721. The molecule has 3 aromatic rings. The van der Waals surface area contributed by atoms with Crippen molar-refractivity contribution in [2.24, 2.45) is 0 Å². The first-order valence-corrected chi connectivity index (χ1v) is 11.0. The summed E-state index contributed by atoms with van der Waals surface area (Å²) in [6.07, 6.45) is 1.27. The van der Waals surface area contributed by atoms with Crippen LogP contribution in [0.2, 0.25) is 0 Å². The maximum atomic E-state index is 12.8. The Kier molecular flexibility index (Phi) is 7.47. The van der Waals surface area contributed by atoms with Gasteiger partial charge in [-0.3, -0.25) is 24.6 Å². The van der Waals surface area contributed by atoms with Gasteiger partial charge in [-0.05, 0) is 42.0 Å². The minimum absolute atomic E-state index is 0.0857. The fraction of sp³-hybridized carbons (Fsp3) is 0.120. The molecule has 4 rings (SSSR count). The second-order valence-electron chi connectivity index (χ2n) is 7.82. The number of amides is 4. The molecule has 0 saturated carbocycles. The minimum Gasteiger partial charge on any atom is -0.477 e. The number of para-hydroxylation sites is 1. The van der Waals surface area contributed by atoms with Crippen LogP contribution in [0.1, 0.15) is 21.9 Å². The average molecular weight is 520 g/mol. The summed E-state index contributed by atoms with van der Waals surface area (Å²) in [7, 11) is 1.19. The number of nitro benzene ring substituents is 1. The number of carbonyl (C=O) groups is 4. The molecule has 13 heteroatoms. The van der Waals surface area contributed by atoms with Crippen LogP contribution < -0.4 is 15.4 Å². The van der Waals surface area contributed by atoms with Gasteiger partial charge in [0.2, 0.25) is 5.76 Å². The van der Waals surface area contributed by atoms with Crippen LogP contribution in [-0.2, 0) is 20.9 Å². The molecule has 1 aromatic heterocycles. The molecule has 1 saturated heterocycles. The predicted molar refractivity (Wildman–Crippen MR) is 131 cm³/mol. The standard InChI is InChI=1S/C25H20N4O9/c1-36-24(32)21-10-8-17(38-21)13-28-23(31)18(27-25(28)33)11-15-7-9-20(19(12-15)29(34)35)37-14-22(30)26-16-5-3-2-4-6-16/h2-12H,13-14H2,1H3,(H,26,30)(H,27,33)/b18-11-. The van der Waals surface area contributed by atoms with E-state index in [0.717, 1.165) is 11.0 Å². The topological polar surface area (TPSA) is 170 Å². The quantitative estimate of drug-likeness (QED) is 0.141. The highest BCUT2D eigenvalue weighted by molar-refractivity contribution is 6.13. The third kappa shape index (κ3) is 5.84. The van der Waals surface area contributed by atoms with E-state index in [9.17, 15) is 29.3 Å². The number of furan rings is 1. The molecule has 0 bridgehead atoms. The van der Waals surface area contributed by atoms with Gasteiger partial charge >= 0.3 is 17.7 Å². The number of hydrogen-bond donors (Lipinski definition) is 2. The van der Waals surface area contributed by atoms with Gasteiger partial charge in [0.25, 0.3) is 11.8 Å². The zero-order chi connectivity index (χ0) is 27.2. The van der Waals surface area contributed by atoms with Crippen molar-refractivity contribution in [3.8, 4) is 5.75 Å². The van der Waals surface area contributed by atoms with E-state index in [4.69, 9.17) is 9.15 Å². The Morgan fingerprint density at radius 1 is 1.13 bits per heavy atom. The lowest BCUT2D eigenvalue weighted by molar-refractivity contribution is -0.385. The number of carbonyl (C=O) groups excluding carboxylic acids is 4. The molecule has 2 aromatic carbocycles. The predicted octanol–water partition coefficient (Wildman–Crippen LogP) is 3.08. The highest BCUT2D eigenvalue weighted by Crippen LogP contribution is 2.29. The largest absolute Gasteiger partial charge is 0.477 e. The van der Waals surface area contributed by atoms with Crippen LogP contribution in [0.3, 0.4) is 0 Å². The molecule has 1 aliphatic rings. The molecule has 4 amide bonds. The summed E-state index contributed by atoms with van der Waals surface area (Å²) in [4.78, 5) is 60.5. The van der Waals surface area contributed by atoms with E-state index in [1.807, 2.05) is 0 Å². The molecule has 1 fully saturated rings. The van der Waals surface area contributed by atoms with E-state index < -0.39 is 41.0 Å². The monoisotopic (exact) mass is 520 g/mol. The highest BCUT2D eigenvalue weighted by atomic mass is 16.6. The van der Waals surface area contributed by atoms with Crippen molar-refractivity contribution in [2.45, 2.75) is 6.54 Å². The fourth-order valence-electron chi connectivity index (χ4n) is 3.46. The van der Waals surface area contributed by atoms with Crippen molar-refractivity contribution in [1.29, 1.82) is 0 Å². The average Bonchev–Trinajstić information content (AvgIpc) is 3.48. The minimum atomic E-state index is -0.740. The molecule has 2 heterocycles. The van der Waals surface area contributed by atoms with Gasteiger partial charge in [0.05, 0.1) is 18.6 Å². The number of nitrogens with zero attached hydrogens (tertiary/aromatic N) is 2. The van der Waals surface area contributed by atoms with Crippen LogP contribution in [0.5, 0.6) is 5.75 Å². The maximum absolute atomic E-state index is 12.8. The second-order valence-corrected chi connectivity index (χ2v) is 7.82. The summed E-state index contributed by atoms with van der Waals surface area (Å²) in [5, 5.41) is 16.6. The van der Waals surface area contributed by atoms with Crippen molar-refractivity contribution in [3.05, 3.63) is 93.6 Å². The van der Waals surface area contributed by atoms with E-state index >= 15 is 0 Å². The number of hydrogen-bond acceptors (Lipinski definition) is 9. The highest BCUT2D eigenvalue weighted by Gasteiger charge is 2.34. The number of anilines is 1. The summed E-state index contributed by atoms with van der Waals surface area (Å²) < 4.78 is 15.2. The number of ether oxygens (including phenoxy) is 2. The molecule has 0 atom stereocenters. The Hall–Kier alpha value is -5.46. The molecule has 194 valence electrons. The molecule has 1 aliphatic heterocycles. The number of nitrogens with one attached hydrogen (secondary N) is 2. The van der Waals surface area contributed by atoms with Crippen molar-refractivity contribution in [1.82, 2.24) is 10.2 Å². The van der Waals surface area contributed by atoms with E-state index in [1.165, 1.54) is 37.5 Å². The third-order valence-corrected chi connectivity index (χ3v) is 5.23. The number of imide groups is 1. The zero-order valence-corrected chi connectivity index (χ0v) is 19.8. The van der Waals surface area contributed by atoms with Gasteiger partial charge in [-0.2, -0.15) is 0 Å². The van der Waals surface area contributed by atoms with Gasteiger partial charge < -0.3 is 24.5 Å². The summed E-state index contributed by atoms with van der Waals surface area (Å²) >= 11 is 0. The number of urea groups is 1. The number of benzene rings is 2. The van der Waals surface area contributed by atoms with Gasteiger partial charge in [-0.15, -0.1) is 0 Å². The van der Waals surface area contributed by atoms with Gasteiger partial charge in [0.15, 0.2) is 12.4 Å². The SMILES string of the molecule is COC(=O)c1ccc(CN2C(=O)N/C(=C\c3ccc(OCC(=O)Nc4ccccc4)c([N+](=O)[O-])c3)C2=O)o1. The number of esters is 1. The lowest BCUT2D eigenvalue weighted by Gasteiger charge is -2.09. The van der Waals surface area contributed by atoms with Gasteiger partial charge in [-0.1, -0.05) is 24.3 Å². The first-order chi connectivity index (χ1) is 18.2. The van der Waals surface area contributed by atoms with E-state index in [-0.39, 0.29) is 35.1 Å². The molecule has 2 N–H and O–H groups in total. The smallest absolute Gasteiger partial charge is 0.373 e. The van der Waals surface area contributed by atoms with E-state index in [0.29, 0.717) is 5.69 Å². The Balaban J connectivity index is 1.45. The second kappa shape index (κ2) is 11.1. The van der Waals surface area contributed by atoms with Crippen LogP contribution in [0, 0.1) is 10.1 Å². The van der Waals surface area contributed by atoms with Gasteiger partial charge in [0, 0.05) is 11.8 Å². The van der Waals surface area contributed by atoms with Crippen molar-refractivity contribution >= 4 is 41.3 Å². The molecule has 0 spiro atoms. The van der Waals surface area contributed by atoms with Gasteiger partial charge in [-0.25, -0.2) is 9.59 Å². The molecule has 0 unspecified atom stereocenters.